The molecule has 0 spiro atoms. The molecule has 1 N–H and O–H groups in total. The van der Waals surface area contributed by atoms with Crippen LogP contribution >= 0.6 is 35.3 Å². The van der Waals surface area contributed by atoms with E-state index >= 15 is 0 Å². The van der Waals surface area contributed by atoms with Gasteiger partial charge in [0.15, 0.2) is 5.96 Å². The van der Waals surface area contributed by atoms with Crippen molar-refractivity contribution < 1.29 is 0 Å². The first-order valence-electron chi connectivity index (χ1n) is 7.69. The molecule has 3 nitrogen and oxygen atoms in total. The Kier molecular flexibility index (Phi) is 9.24. The van der Waals surface area contributed by atoms with Crippen LogP contribution in [0.3, 0.4) is 0 Å². The third kappa shape index (κ3) is 6.91. The van der Waals surface area contributed by atoms with E-state index in [-0.39, 0.29) is 24.0 Å². The number of nitrogens with zero attached hydrogens (tertiary/aromatic N) is 2. The lowest BCUT2D eigenvalue weighted by Gasteiger charge is -2.21. The van der Waals surface area contributed by atoms with E-state index in [1.165, 1.54) is 16.0 Å². The van der Waals surface area contributed by atoms with Gasteiger partial charge in [-0.15, -0.1) is 35.3 Å². The van der Waals surface area contributed by atoms with Crippen molar-refractivity contribution in [2.45, 2.75) is 19.8 Å². The number of rotatable bonds is 6. The van der Waals surface area contributed by atoms with E-state index in [1.807, 2.05) is 18.4 Å². The van der Waals surface area contributed by atoms with Crippen molar-refractivity contribution in [2.24, 2.45) is 4.99 Å². The van der Waals surface area contributed by atoms with Crippen LogP contribution in [0.1, 0.15) is 16.0 Å². The highest BCUT2D eigenvalue weighted by Crippen LogP contribution is 2.09. The molecule has 0 atom stereocenters. The number of nitrogens with one attached hydrogen (secondary N) is 1. The maximum atomic E-state index is 4.37. The standard InChI is InChI=1S/C18H25N3S.HI/c1-15-6-8-16(9-7-15)10-12-20-18(19-2)21(3)13-11-17-5-4-14-22-17;/h4-9,14H,10-13H2,1-3H3,(H,19,20);1H. The lowest BCUT2D eigenvalue weighted by Crippen LogP contribution is -2.40. The Morgan fingerprint density at radius 3 is 2.52 bits per heavy atom. The molecule has 0 amide bonds. The van der Waals surface area contributed by atoms with Gasteiger partial charge in [0, 0.05) is 32.1 Å². The van der Waals surface area contributed by atoms with Crippen LogP contribution in [-0.2, 0) is 12.8 Å². The van der Waals surface area contributed by atoms with Gasteiger partial charge >= 0.3 is 0 Å². The smallest absolute Gasteiger partial charge is 0.193 e. The fourth-order valence-electron chi connectivity index (χ4n) is 2.30. The fourth-order valence-corrected chi connectivity index (χ4v) is 2.99. The molecule has 0 bridgehead atoms. The van der Waals surface area contributed by atoms with E-state index in [4.69, 9.17) is 0 Å². The van der Waals surface area contributed by atoms with Crippen molar-refractivity contribution in [3.63, 3.8) is 0 Å². The zero-order valence-electron chi connectivity index (χ0n) is 14.1. The van der Waals surface area contributed by atoms with Crippen molar-refractivity contribution in [1.82, 2.24) is 10.2 Å². The molecule has 0 fully saturated rings. The Hall–Kier alpha value is -1.08. The van der Waals surface area contributed by atoms with E-state index < -0.39 is 0 Å². The van der Waals surface area contributed by atoms with Gasteiger partial charge in [-0.2, -0.15) is 0 Å². The fraction of sp³-hybridized carbons (Fsp3) is 0.389. The normalized spacial score (nSPS) is 11.0. The van der Waals surface area contributed by atoms with E-state index in [0.717, 1.165) is 31.9 Å². The number of hydrogen-bond donors (Lipinski definition) is 1. The van der Waals surface area contributed by atoms with Gasteiger partial charge in [0.1, 0.15) is 0 Å². The predicted octanol–water partition coefficient (Wildman–Crippen LogP) is 3.97. The predicted molar refractivity (Wildman–Crippen MR) is 112 cm³/mol. The first kappa shape index (κ1) is 20.0. The van der Waals surface area contributed by atoms with Gasteiger partial charge in [-0.25, -0.2) is 0 Å². The quantitative estimate of drug-likeness (QED) is 0.416. The zero-order valence-corrected chi connectivity index (χ0v) is 17.2. The van der Waals surface area contributed by atoms with E-state index in [9.17, 15) is 0 Å². The number of aliphatic imine (C=N–C) groups is 1. The number of aryl methyl sites for hydroxylation is 1. The molecule has 5 heteroatoms. The first-order chi connectivity index (χ1) is 10.7. The summed E-state index contributed by atoms with van der Waals surface area (Å²) in [7, 11) is 3.94. The number of likely N-dealkylation sites (N-methyl/N-ethyl adjacent to an activating group) is 1. The van der Waals surface area contributed by atoms with Crippen LogP contribution in [0.2, 0.25) is 0 Å². The maximum Gasteiger partial charge on any atom is 0.193 e. The number of hydrogen-bond acceptors (Lipinski definition) is 2. The van der Waals surface area contributed by atoms with Crippen molar-refractivity contribution in [2.75, 3.05) is 27.2 Å². The van der Waals surface area contributed by atoms with Gasteiger partial charge in [-0.05, 0) is 36.8 Å². The molecule has 1 heterocycles. The minimum absolute atomic E-state index is 0. The topological polar surface area (TPSA) is 27.6 Å². The van der Waals surface area contributed by atoms with Crippen molar-refractivity contribution in [1.29, 1.82) is 0 Å². The number of guanidine groups is 1. The summed E-state index contributed by atoms with van der Waals surface area (Å²) in [6, 6.07) is 13.0. The zero-order chi connectivity index (χ0) is 15.8. The molecule has 1 aromatic heterocycles. The summed E-state index contributed by atoms with van der Waals surface area (Å²) in [5.41, 5.74) is 2.66. The largest absolute Gasteiger partial charge is 0.356 e. The molecule has 2 aromatic rings. The molecule has 0 unspecified atom stereocenters. The summed E-state index contributed by atoms with van der Waals surface area (Å²) < 4.78 is 0. The van der Waals surface area contributed by atoms with E-state index in [1.54, 1.807) is 0 Å². The molecule has 0 saturated heterocycles. The Morgan fingerprint density at radius 1 is 1.17 bits per heavy atom. The van der Waals surface area contributed by atoms with Gasteiger partial charge in [0.05, 0.1) is 0 Å². The highest BCUT2D eigenvalue weighted by molar-refractivity contribution is 14.0. The second kappa shape index (κ2) is 10.6. The summed E-state index contributed by atoms with van der Waals surface area (Å²) in [4.78, 5) is 7.98. The molecule has 0 saturated carbocycles. The van der Waals surface area contributed by atoms with Gasteiger partial charge in [-0.1, -0.05) is 35.9 Å². The van der Waals surface area contributed by atoms with Gasteiger partial charge in [0.2, 0.25) is 0 Å². The Balaban J connectivity index is 0.00000264. The maximum absolute atomic E-state index is 4.37. The summed E-state index contributed by atoms with van der Waals surface area (Å²) in [5.74, 6) is 0.962. The van der Waals surface area contributed by atoms with Crippen molar-refractivity contribution in [3.8, 4) is 0 Å². The SMILES string of the molecule is CN=C(NCCc1ccc(C)cc1)N(C)CCc1cccs1.I. The number of benzene rings is 1. The highest BCUT2D eigenvalue weighted by Gasteiger charge is 2.06. The minimum atomic E-state index is 0. The highest BCUT2D eigenvalue weighted by atomic mass is 127. The molecule has 0 aliphatic heterocycles. The lowest BCUT2D eigenvalue weighted by atomic mass is 10.1. The lowest BCUT2D eigenvalue weighted by molar-refractivity contribution is 0.487. The van der Waals surface area contributed by atoms with Crippen LogP contribution < -0.4 is 5.32 Å². The summed E-state index contributed by atoms with van der Waals surface area (Å²) in [6.45, 7) is 4.00. The summed E-state index contributed by atoms with van der Waals surface area (Å²) >= 11 is 1.81. The number of halogens is 1. The van der Waals surface area contributed by atoms with E-state index in [0.29, 0.717) is 0 Å². The third-order valence-corrected chi connectivity index (χ3v) is 4.60. The van der Waals surface area contributed by atoms with Crippen LogP contribution in [0.15, 0.2) is 46.8 Å². The van der Waals surface area contributed by atoms with Crippen LogP contribution in [0, 0.1) is 6.92 Å². The second-order valence-corrected chi connectivity index (χ2v) is 6.49. The number of thiophene rings is 1. The van der Waals surface area contributed by atoms with Gasteiger partial charge < -0.3 is 10.2 Å². The monoisotopic (exact) mass is 443 g/mol. The molecule has 0 aliphatic rings. The van der Waals surface area contributed by atoms with E-state index in [2.05, 4.69) is 71.0 Å². The summed E-state index contributed by atoms with van der Waals surface area (Å²) in [6.07, 6.45) is 2.07. The van der Waals surface area contributed by atoms with Crippen LogP contribution in [0.5, 0.6) is 0 Å². The second-order valence-electron chi connectivity index (χ2n) is 5.46. The molecule has 1 aromatic carbocycles. The van der Waals surface area contributed by atoms with Crippen LogP contribution in [-0.4, -0.2) is 38.0 Å². The molecular weight excluding hydrogens is 417 g/mol. The molecule has 23 heavy (non-hydrogen) atoms. The van der Waals surface area contributed by atoms with Crippen LogP contribution in [0.25, 0.3) is 0 Å². The molecule has 0 radical (unpaired) electrons. The minimum Gasteiger partial charge on any atom is -0.356 e. The van der Waals surface area contributed by atoms with Crippen LogP contribution in [0.4, 0.5) is 0 Å². The Bertz CT molecular complexity index is 579. The average Bonchev–Trinajstić information content (AvgIpc) is 3.04. The average molecular weight is 443 g/mol. The Labute approximate surface area is 160 Å². The van der Waals surface area contributed by atoms with Gasteiger partial charge in [0.25, 0.3) is 0 Å². The molecular formula is C18H26IN3S. The first-order valence-corrected chi connectivity index (χ1v) is 8.56. The summed E-state index contributed by atoms with van der Waals surface area (Å²) in [5, 5.41) is 5.57. The van der Waals surface area contributed by atoms with Crippen molar-refractivity contribution >= 4 is 41.3 Å². The van der Waals surface area contributed by atoms with Crippen molar-refractivity contribution in [3.05, 3.63) is 57.8 Å². The molecule has 0 aliphatic carbocycles. The molecule has 126 valence electrons. The van der Waals surface area contributed by atoms with Gasteiger partial charge in [-0.3, -0.25) is 4.99 Å². The third-order valence-electron chi connectivity index (χ3n) is 3.66. The Morgan fingerprint density at radius 2 is 1.91 bits per heavy atom. The molecule has 2 rings (SSSR count).